The van der Waals surface area contributed by atoms with E-state index in [4.69, 9.17) is 0 Å². The summed E-state index contributed by atoms with van der Waals surface area (Å²) in [6.45, 7) is 8.57. The van der Waals surface area contributed by atoms with Gasteiger partial charge in [-0.3, -0.25) is 4.79 Å². The van der Waals surface area contributed by atoms with Crippen LogP contribution in [0, 0.1) is 0 Å². The van der Waals surface area contributed by atoms with Crippen molar-refractivity contribution in [1.29, 1.82) is 0 Å². The van der Waals surface area contributed by atoms with Crippen LogP contribution in [0.1, 0.15) is 112 Å². The second kappa shape index (κ2) is 16.3. The Morgan fingerprint density at radius 3 is 1.55 bits per heavy atom. The van der Waals surface area contributed by atoms with Crippen molar-refractivity contribution in [3.63, 3.8) is 0 Å². The normalized spacial score (nSPS) is 32.2. The Bertz CT molecular complexity index is 1320. The molecule has 1 aromatic rings. The van der Waals surface area contributed by atoms with E-state index in [-0.39, 0.29) is 18.0 Å². The SMILES string of the molecule is O=C(c1cccs1)N1CCC(N2CCC(N3C(=O)N[C@@H]4CCCC[C@H]43)CC2)CC1.O=C1N[C@@H]2CCCC[C@H]2N1C1CCN(C2CCNCC2)CC1. The molecule has 8 aliphatic rings. The number of likely N-dealkylation sites (tertiary alicyclic amines) is 3. The Morgan fingerprint density at radius 2 is 1.06 bits per heavy atom. The zero-order chi connectivity index (χ0) is 34.7. The first-order valence-electron chi connectivity index (χ1n) is 20.7. The minimum absolute atomic E-state index is 0.181. The second-order valence-electron chi connectivity index (χ2n) is 16.6. The molecule has 7 heterocycles. The summed E-state index contributed by atoms with van der Waals surface area (Å²) < 4.78 is 0. The van der Waals surface area contributed by atoms with Crippen molar-refractivity contribution in [3.05, 3.63) is 22.4 Å². The number of urea groups is 2. The number of carbonyl (C=O) groups excluding carboxylic acids is 3. The molecular formula is C39H62N8O3S. The Kier molecular flexibility index (Phi) is 11.4. The minimum Gasteiger partial charge on any atom is -0.338 e. The van der Waals surface area contributed by atoms with Crippen LogP contribution in [0.5, 0.6) is 0 Å². The number of nitrogens with zero attached hydrogens (tertiary/aromatic N) is 5. The maximum Gasteiger partial charge on any atom is 0.318 e. The zero-order valence-electron chi connectivity index (χ0n) is 30.7. The molecule has 6 aliphatic heterocycles. The Balaban J connectivity index is 0.000000152. The van der Waals surface area contributed by atoms with Crippen molar-refractivity contribution < 1.29 is 14.4 Å². The maximum absolute atomic E-state index is 12.6. The van der Waals surface area contributed by atoms with Crippen molar-refractivity contribution in [3.8, 4) is 0 Å². The molecule has 6 saturated heterocycles. The molecule has 9 rings (SSSR count). The van der Waals surface area contributed by atoms with Gasteiger partial charge >= 0.3 is 12.1 Å². The van der Waals surface area contributed by atoms with Crippen molar-refractivity contribution in [2.45, 2.75) is 151 Å². The number of carbonyl (C=O) groups is 3. The summed E-state index contributed by atoms with van der Waals surface area (Å²) in [5.74, 6) is 0.194. The molecule has 0 aromatic carbocycles. The van der Waals surface area contributed by atoms with Gasteiger partial charge in [0.25, 0.3) is 5.91 Å². The van der Waals surface area contributed by atoms with E-state index in [2.05, 4.69) is 35.6 Å². The molecular weight excluding hydrogens is 661 g/mol. The predicted molar refractivity (Wildman–Crippen MR) is 201 cm³/mol. The van der Waals surface area contributed by atoms with Gasteiger partial charge in [-0.2, -0.15) is 0 Å². The maximum atomic E-state index is 12.6. The van der Waals surface area contributed by atoms with Crippen LogP contribution in [0.15, 0.2) is 17.5 Å². The molecule has 2 aliphatic carbocycles. The number of hydrogen-bond acceptors (Lipinski definition) is 7. The number of fused-ring (bicyclic) bond motifs is 2. The van der Waals surface area contributed by atoms with Crippen molar-refractivity contribution in [1.82, 2.24) is 40.4 Å². The predicted octanol–water partition coefficient (Wildman–Crippen LogP) is 4.69. The monoisotopic (exact) mass is 722 g/mol. The van der Waals surface area contributed by atoms with E-state index in [1.807, 2.05) is 22.4 Å². The van der Waals surface area contributed by atoms with E-state index in [1.54, 1.807) is 0 Å². The van der Waals surface area contributed by atoms with Crippen LogP contribution in [0.4, 0.5) is 9.59 Å². The number of rotatable bonds is 5. The lowest BCUT2D eigenvalue weighted by Gasteiger charge is -2.44. The van der Waals surface area contributed by atoms with Crippen LogP contribution in [0.3, 0.4) is 0 Å². The lowest BCUT2D eigenvalue weighted by atomic mass is 9.89. The van der Waals surface area contributed by atoms with Gasteiger partial charge in [0.2, 0.25) is 0 Å². The molecule has 0 unspecified atom stereocenters. The molecule has 282 valence electrons. The number of amides is 5. The Hall–Kier alpha value is -2.41. The largest absolute Gasteiger partial charge is 0.338 e. The van der Waals surface area contributed by atoms with Gasteiger partial charge in [-0.1, -0.05) is 31.7 Å². The highest BCUT2D eigenvalue weighted by Crippen LogP contribution is 2.35. The van der Waals surface area contributed by atoms with E-state index in [0.717, 1.165) is 69.2 Å². The minimum atomic E-state index is 0.181. The van der Waals surface area contributed by atoms with E-state index in [9.17, 15) is 14.4 Å². The van der Waals surface area contributed by atoms with Gasteiger partial charge in [0.05, 0.1) is 29.0 Å². The smallest absolute Gasteiger partial charge is 0.318 e. The third kappa shape index (κ3) is 7.80. The van der Waals surface area contributed by atoms with Crippen LogP contribution in [-0.2, 0) is 0 Å². The second-order valence-corrected chi connectivity index (χ2v) is 17.6. The zero-order valence-corrected chi connectivity index (χ0v) is 31.5. The molecule has 4 atom stereocenters. The molecule has 0 radical (unpaired) electrons. The molecule has 5 amide bonds. The molecule has 11 nitrogen and oxygen atoms in total. The van der Waals surface area contributed by atoms with Gasteiger partial charge < -0.3 is 40.4 Å². The number of nitrogens with one attached hydrogen (secondary N) is 3. The number of thiophene rings is 1. The fourth-order valence-corrected chi connectivity index (χ4v) is 11.8. The lowest BCUT2D eigenvalue weighted by molar-refractivity contribution is 0.0474. The first-order chi connectivity index (χ1) is 25.0. The lowest BCUT2D eigenvalue weighted by Crippen LogP contribution is -2.53. The molecule has 1 aromatic heterocycles. The molecule has 12 heteroatoms. The van der Waals surface area contributed by atoms with Crippen LogP contribution >= 0.6 is 11.3 Å². The van der Waals surface area contributed by atoms with E-state index in [1.165, 1.54) is 108 Å². The van der Waals surface area contributed by atoms with Crippen molar-refractivity contribution in [2.75, 3.05) is 52.4 Å². The summed E-state index contributed by atoms with van der Waals surface area (Å²) in [5.41, 5.74) is 0. The topological polar surface area (TPSA) is 104 Å². The average Bonchev–Trinajstić information content (AvgIpc) is 3.92. The van der Waals surface area contributed by atoms with Crippen LogP contribution < -0.4 is 16.0 Å². The molecule has 51 heavy (non-hydrogen) atoms. The summed E-state index contributed by atoms with van der Waals surface area (Å²) in [7, 11) is 0. The third-order valence-electron chi connectivity index (χ3n) is 13.9. The number of hydrogen-bond donors (Lipinski definition) is 3. The van der Waals surface area contributed by atoms with Gasteiger partial charge in [-0.05, 0) is 102 Å². The van der Waals surface area contributed by atoms with Crippen LogP contribution in [0.25, 0.3) is 0 Å². The standard InChI is InChI=1S/C22H32N4O2S.C17H30N4O/c27-21(20-6-3-15-29-20)25-13-7-16(8-14-25)24-11-9-17(10-12-24)26-19-5-2-1-4-18(19)23-22(26)28;22-17-19-15-3-1-2-4-16(15)21(17)14-7-11-20(12-8-14)13-5-9-18-10-6-13/h3,6,15-19H,1-2,4-5,7-14H2,(H,23,28);13-16,18H,1-12H2,(H,19,22)/t18-,19-;15-,16-/m11/s1. The first kappa shape index (κ1) is 35.6. The first-order valence-corrected chi connectivity index (χ1v) is 21.6. The van der Waals surface area contributed by atoms with Crippen molar-refractivity contribution in [2.24, 2.45) is 0 Å². The van der Waals surface area contributed by atoms with Crippen molar-refractivity contribution >= 4 is 29.3 Å². The van der Waals surface area contributed by atoms with Gasteiger partial charge in [0.1, 0.15) is 0 Å². The highest BCUT2D eigenvalue weighted by Gasteiger charge is 2.46. The highest BCUT2D eigenvalue weighted by molar-refractivity contribution is 7.12. The van der Waals surface area contributed by atoms with E-state index >= 15 is 0 Å². The molecule has 0 spiro atoms. The highest BCUT2D eigenvalue weighted by atomic mass is 32.1. The summed E-state index contributed by atoms with van der Waals surface area (Å²) in [5, 5.41) is 11.9. The summed E-state index contributed by atoms with van der Waals surface area (Å²) in [6.07, 6.45) is 19.0. The Labute approximate surface area is 309 Å². The summed E-state index contributed by atoms with van der Waals surface area (Å²) in [4.78, 5) is 50.2. The molecule has 3 N–H and O–H groups in total. The van der Waals surface area contributed by atoms with Gasteiger partial charge in [-0.15, -0.1) is 11.3 Å². The van der Waals surface area contributed by atoms with E-state index < -0.39 is 0 Å². The van der Waals surface area contributed by atoms with Gasteiger partial charge in [0, 0.05) is 63.4 Å². The van der Waals surface area contributed by atoms with Gasteiger partial charge in [0.15, 0.2) is 0 Å². The van der Waals surface area contributed by atoms with Crippen LogP contribution in [-0.4, -0.2) is 143 Å². The summed E-state index contributed by atoms with van der Waals surface area (Å²) in [6, 6.07) is 8.25. The molecule has 0 bridgehead atoms. The fraction of sp³-hybridized carbons (Fsp3) is 0.821. The van der Waals surface area contributed by atoms with Gasteiger partial charge in [-0.25, -0.2) is 9.59 Å². The quantitative estimate of drug-likeness (QED) is 0.408. The number of piperidine rings is 4. The van der Waals surface area contributed by atoms with E-state index in [0.29, 0.717) is 42.3 Å². The third-order valence-corrected chi connectivity index (χ3v) is 14.7. The fourth-order valence-electron chi connectivity index (χ4n) is 11.1. The average molecular weight is 723 g/mol. The summed E-state index contributed by atoms with van der Waals surface area (Å²) >= 11 is 1.53. The molecule has 8 fully saturated rings. The van der Waals surface area contributed by atoms with Crippen LogP contribution in [0.2, 0.25) is 0 Å². The molecule has 2 saturated carbocycles. The Morgan fingerprint density at radius 1 is 0.588 bits per heavy atom.